The fourth-order valence-electron chi connectivity index (χ4n) is 4.91. The van der Waals surface area contributed by atoms with E-state index in [0.717, 1.165) is 18.4 Å². The first-order chi connectivity index (χ1) is 15.8. The molecule has 3 N–H and O–H groups in total. The van der Waals surface area contributed by atoms with Crippen molar-refractivity contribution in [3.63, 3.8) is 0 Å². The summed E-state index contributed by atoms with van der Waals surface area (Å²) in [7, 11) is 0. The number of carbonyl (C=O) groups is 1. The van der Waals surface area contributed by atoms with E-state index in [1.807, 2.05) is 13.8 Å². The molecule has 2 heterocycles. The number of anilines is 2. The zero-order chi connectivity index (χ0) is 23.2. The topological polar surface area (TPSA) is 79.0 Å². The van der Waals surface area contributed by atoms with Gasteiger partial charge in [-0.05, 0) is 50.8 Å². The number of carbonyl (C=O) groups excluding carboxylic acids is 1. The Morgan fingerprint density at radius 1 is 1.30 bits per heavy atom. The lowest BCUT2D eigenvalue weighted by atomic mass is 9.89. The number of para-hydroxylation sites is 1. The van der Waals surface area contributed by atoms with E-state index in [4.69, 9.17) is 16.3 Å². The van der Waals surface area contributed by atoms with Gasteiger partial charge in [0.05, 0.1) is 27.3 Å². The van der Waals surface area contributed by atoms with Gasteiger partial charge >= 0.3 is 0 Å². The third kappa shape index (κ3) is 4.38. The number of hydrogen-bond acceptors (Lipinski definition) is 4. The van der Waals surface area contributed by atoms with Crippen LogP contribution in [0.3, 0.4) is 0 Å². The molecule has 1 saturated carbocycles. The number of aromatic amines is 1. The number of hydrogen-bond donors (Lipinski definition) is 3. The van der Waals surface area contributed by atoms with Crippen molar-refractivity contribution in [2.24, 2.45) is 5.92 Å². The second-order valence-corrected chi connectivity index (χ2v) is 10.1. The summed E-state index contributed by atoms with van der Waals surface area (Å²) >= 11 is 6.16. The second kappa shape index (κ2) is 8.52. The average molecular weight is 471 g/mol. The molecule has 3 aromatic rings. The van der Waals surface area contributed by atoms with E-state index in [2.05, 4.69) is 20.6 Å². The summed E-state index contributed by atoms with van der Waals surface area (Å²) in [6.45, 7) is 4.66. The van der Waals surface area contributed by atoms with Gasteiger partial charge in [0, 0.05) is 18.5 Å². The van der Waals surface area contributed by atoms with E-state index in [0.29, 0.717) is 47.2 Å². The van der Waals surface area contributed by atoms with Gasteiger partial charge in [0.2, 0.25) is 5.95 Å². The summed E-state index contributed by atoms with van der Waals surface area (Å²) in [5, 5.41) is 6.32. The van der Waals surface area contributed by atoms with Crippen molar-refractivity contribution >= 4 is 40.2 Å². The molecule has 1 amide bonds. The maximum absolute atomic E-state index is 14.3. The standard InChI is InChI=1S/C25H28ClFN4O2/c1-25(2)12-16-20-19(29-24(30-20)31-21-17(26)9-6-10-18(21)27)11-15(22(16)33-25)23(32)28-13-14-7-4-3-5-8-14/h6,9-11,14H,3-5,7-8,12-13H2,1-2H3,(H,28,32)(H2,29,30,31). The Hall–Kier alpha value is -2.80. The van der Waals surface area contributed by atoms with Gasteiger partial charge in [-0.2, -0.15) is 0 Å². The number of nitrogens with zero attached hydrogens (tertiary/aromatic N) is 1. The number of nitrogens with one attached hydrogen (secondary N) is 3. The SMILES string of the molecule is CC1(C)Cc2c(c(C(=O)NCC3CCCCC3)cc3[nH]c(Nc4c(F)cccc4Cl)nc23)O1. The van der Waals surface area contributed by atoms with Crippen LogP contribution in [0.5, 0.6) is 5.75 Å². The van der Waals surface area contributed by atoms with Gasteiger partial charge < -0.3 is 20.4 Å². The molecule has 0 radical (unpaired) electrons. The van der Waals surface area contributed by atoms with E-state index in [1.54, 1.807) is 18.2 Å². The highest BCUT2D eigenvalue weighted by Crippen LogP contribution is 2.42. The van der Waals surface area contributed by atoms with Crippen LogP contribution in [-0.2, 0) is 6.42 Å². The normalized spacial score (nSPS) is 17.6. The van der Waals surface area contributed by atoms with Crippen LogP contribution in [0.2, 0.25) is 5.02 Å². The van der Waals surface area contributed by atoms with Gasteiger partial charge in [-0.15, -0.1) is 0 Å². The number of benzene rings is 2. The lowest BCUT2D eigenvalue weighted by molar-refractivity contribution is 0.0930. The molecule has 1 aliphatic heterocycles. The third-order valence-corrected chi connectivity index (χ3v) is 6.85. The number of rotatable bonds is 5. The van der Waals surface area contributed by atoms with Crippen LogP contribution in [0.15, 0.2) is 24.3 Å². The van der Waals surface area contributed by atoms with E-state index >= 15 is 0 Å². The van der Waals surface area contributed by atoms with Crippen molar-refractivity contribution < 1.29 is 13.9 Å². The van der Waals surface area contributed by atoms with Crippen LogP contribution >= 0.6 is 11.6 Å². The number of imidazole rings is 1. The van der Waals surface area contributed by atoms with Gasteiger partial charge in [0.25, 0.3) is 5.91 Å². The van der Waals surface area contributed by atoms with Crippen molar-refractivity contribution in [2.75, 3.05) is 11.9 Å². The first kappa shape index (κ1) is 22.0. The fourth-order valence-corrected chi connectivity index (χ4v) is 5.12. The van der Waals surface area contributed by atoms with Crippen LogP contribution in [-0.4, -0.2) is 28.0 Å². The summed E-state index contributed by atoms with van der Waals surface area (Å²) in [6, 6.07) is 6.26. The smallest absolute Gasteiger partial charge is 0.255 e. The largest absolute Gasteiger partial charge is 0.486 e. The predicted molar refractivity (Wildman–Crippen MR) is 128 cm³/mol. The maximum atomic E-state index is 14.3. The summed E-state index contributed by atoms with van der Waals surface area (Å²) in [5.41, 5.74) is 2.47. The number of aromatic nitrogens is 2. The number of halogens is 2. The Bertz CT molecular complexity index is 1200. The maximum Gasteiger partial charge on any atom is 0.255 e. The summed E-state index contributed by atoms with van der Waals surface area (Å²) in [5.74, 6) is 0.850. The first-order valence-electron chi connectivity index (χ1n) is 11.5. The highest BCUT2D eigenvalue weighted by atomic mass is 35.5. The first-order valence-corrected chi connectivity index (χ1v) is 11.9. The molecule has 2 aliphatic rings. The molecule has 0 unspecified atom stereocenters. The molecule has 33 heavy (non-hydrogen) atoms. The molecular formula is C25H28ClFN4O2. The molecule has 174 valence electrons. The number of amides is 1. The lowest BCUT2D eigenvalue weighted by Gasteiger charge is -2.22. The summed E-state index contributed by atoms with van der Waals surface area (Å²) in [6.07, 6.45) is 6.69. The van der Waals surface area contributed by atoms with E-state index in [9.17, 15) is 9.18 Å². The second-order valence-electron chi connectivity index (χ2n) is 9.69. The van der Waals surface area contributed by atoms with Gasteiger partial charge in [-0.3, -0.25) is 4.79 Å². The molecule has 6 nitrogen and oxygen atoms in total. The summed E-state index contributed by atoms with van der Waals surface area (Å²) < 4.78 is 20.5. The molecule has 1 fully saturated rings. The molecule has 5 rings (SSSR count). The lowest BCUT2D eigenvalue weighted by Crippen LogP contribution is -2.31. The highest BCUT2D eigenvalue weighted by molar-refractivity contribution is 6.33. The quantitative estimate of drug-likeness (QED) is 0.419. The number of fused-ring (bicyclic) bond motifs is 3. The molecule has 0 spiro atoms. The summed E-state index contributed by atoms with van der Waals surface area (Å²) in [4.78, 5) is 21.0. The predicted octanol–water partition coefficient (Wildman–Crippen LogP) is 6.12. The van der Waals surface area contributed by atoms with Crippen molar-refractivity contribution in [1.82, 2.24) is 15.3 Å². The minimum absolute atomic E-state index is 0.141. The van der Waals surface area contributed by atoms with Crippen molar-refractivity contribution in [3.8, 4) is 5.75 Å². The molecule has 0 saturated heterocycles. The van der Waals surface area contributed by atoms with Gasteiger partial charge in [-0.1, -0.05) is 36.9 Å². The Kier molecular flexibility index (Phi) is 5.69. The zero-order valence-corrected chi connectivity index (χ0v) is 19.6. The van der Waals surface area contributed by atoms with Crippen LogP contribution in [0, 0.1) is 11.7 Å². The average Bonchev–Trinajstić information content (AvgIpc) is 3.34. The molecule has 1 aliphatic carbocycles. The minimum Gasteiger partial charge on any atom is -0.486 e. The van der Waals surface area contributed by atoms with Gasteiger partial charge in [0.15, 0.2) is 0 Å². The Morgan fingerprint density at radius 3 is 2.85 bits per heavy atom. The Morgan fingerprint density at radius 2 is 2.09 bits per heavy atom. The molecule has 8 heteroatoms. The fraction of sp³-hybridized carbons (Fsp3) is 0.440. The van der Waals surface area contributed by atoms with Crippen LogP contribution < -0.4 is 15.4 Å². The van der Waals surface area contributed by atoms with Crippen LogP contribution in [0.25, 0.3) is 11.0 Å². The molecule has 0 bridgehead atoms. The van der Waals surface area contributed by atoms with Crippen LogP contribution in [0.1, 0.15) is 61.9 Å². The molecule has 0 atom stereocenters. The van der Waals surface area contributed by atoms with Crippen molar-refractivity contribution in [2.45, 2.75) is 58.0 Å². The van der Waals surface area contributed by atoms with Gasteiger partial charge in [-0.25, -0.2) is 9.37 Å². The van der Waals surface area contributed by atoms with E-state index < -0.39 is 11.4 Å². The molecule has 2 aromatic carbocycles. The Labute approximate surface area is 197 Å². The van der Waals surface area contributed by atoms with E-state index in [-0.39, 0.29) is 16.6 Å². The van der Waals surface area contributed by atoms with Gasteiger partial charge in [0.1, 0.15) is 17.2 Å². The zero-order valence-electron chi connectivity index (χ0n) is 18.9. The van der Waals surface area contributed by atoms with Crippen LogP contribution in [0.4, 0.5) is 16.0 Å². The minimum atomic E-state index is -0.472. The van der Waals surface area contributed by atoms with Crippen molar-refractivity contribution in [1.29, 1.82) is 0 Å². The Balaban J connectivity index is 1.48. The van der Waals surface area contributed by atoms with E-state index in [1.165, 1.54) is 25.3 Å². The number of H-pyrrole nitrogens is 1. The third-order valence-electron chi connectivity index (χ3n) is 6.53. The highest BCUT2D eigenvalue weighted by Gasteiger charge is 2.36. The monoisotopic (exact) mass is 470 g/mol. The molecule has 1 aromatic heterocycles. The molecular weight excluding hydrogens is 443 g/mol. The number of ether oxygens (including phenoxy) is 1. The van der Waals surface area contributed by atoms with Crippen molar-refractivity contribution in [3.05, 3.63) is 46.2 Å².